The summed E-state index contributed by atoms with van der Waals surface area (Å²) in [5.74, 6) is 0.683. The molecule has 0 aromatic heterocycles. The van der Waals surface area contributed by atoms with E-state index in [4.69, 9.17) is 14.2 Å². The van der Waals surface area contributed by atoms with Gasteiger partial charge in [0.2, 0.25) is 5.91 Å². The standard InChI is InChI=1S/C15H24N2O4/c1-12-10-13(21-9-8-20-3)4-5-14(12)17-15(18)11-16-6-7-19-2/h4-5,10,16H,6-9,11H2,1-3H3,(H,17,18). The Hall–Kier alpha value is -1.63. The van der Waals surface area contributed by atoms with E-state index in [-0.39, 0.29) is 12.5 Å². The number of ether oxygens (including phenoxy) is 3. The Morgan fingerprint density at radius 1 is 1.14 bits per heavy atom. The van der Waals surface area contributed by atoms with Gasteiger partial charge in [0.05, 0.1) is 19.8 Å². The third-order valence-electron chi connectivity index (χ3n) is 2.80. The van der Waals surface area contributed by atoms with Gasteiger partial charge in [0, 0.05) is 26.5 Å². The van der Waals surface area contributed by atoms with E-state index in [1.807, 2.05) is 25.1 Å². The monoisotopic (exact) mass is 296 g/mol. The third kappa shape index (κ3) is 7.08. The molecule has 21 heavy (non-hydrogen) atoms. The van der Waals surface area contributed by atoms with Crippen molar-refractivity contribution in [1.82, 2.24) is 5.32 Å². The molecule has 118 valence electrons. The van der Waals surface area contributed by atoms with Gasteiger partial charge in [-0.1, -0.05) is 0 Å². The van der Waals surface area contributed by atoms with Gasteiger partial charge in [-0.3, -0.25) is 4.79 Å². The van der Waals surface area contributed by atoms with Crippen molar-refractivity contribution >= 4 is 11.6 Å². The lowest BCUT2D eigenvalue weighted by molar-refractivity contribution is -0.115. The van der Waals surface area contributed by atoms with Gasteiger partial charge < -0.3 is 24.8 Å². The highest BCUT2D eigenvalue weighted by atomic mass is 16.5. The van der Waals surface area contributed by atoms with E-state index in [2.05, 4.69) is 10.6 Å². The zero-order chi connectivity index (χ0) is 15.5. The van der Waals surface area contributed by atoms with E-state index < -0.39 is 0 Å². The molecule has 0 aliphatic heterocycles. The van der Waals surface area contributed by atoms with Crippen molar-refractivity contribution < 1.29 is 19.0 Å². The minimum atomic E-state index is -0.0812. The van der Waals surface area contributed by atoms with Crippen LogP contribution >= 0.6 is 0 Å². The van der Waals surface area contributed by atoms with Crippen LogP contribution in [0.3, 0.4) is 0 Å². The lowest BCUT2D eigenvalue weighted by Gasteiger charge is -2.11. The van der Waals surface area contributed by atoms with E-state index >= 15 is 0 Å². The average Bonchev–Trinajstić information content (AvgIpc) is 2.47. The number of aryl methyl sites for hydroxylation is 1. The molecule has 1 amide bonds. The molecule has 0 saturated carbocycles. The molecule has 0 fully saturated rings. The Kier molecular flexibility index (Phi) is 8.42. The number of methoxy groups -OCH3 is 2. The zero-order valence-corrected chi connectivity index (χ0v) is 12.9. The molecule has 6 heteroatoms. The number of nitrogens with one attached hydrogen (secondary N) is 2. The summed E-state index contributed by atoms with van der Waals surface area (Å²) in [7, 11) is 3.26. The average molecular weight is 296 g/mol. The Balaban J connectivity index is 2.42. The molecule has 0 unspecified atom stereocenters. The SMILES string of the molecule is COCCNCC(=O)Nc1ccc(OCCOC)cc1C. The lowest BCUT2D eigenvalue weighted by atomic mass is 10.2. The summed E-state index contributed by atoms with van der Waals surface area (Å²) in [5, 5.41) is 5.85. The quantitative estimate of drug-likeness (QED) is 0.635. The molecule has 0 saturated heterocycles. The molecule has 0 aliphatic carbocycles. The molecule has 0 aliphatic rings. The number of hydrogen-bond donors (Lipinski definition) is 2. The molecule has 0 heterocycles. The number of hydrogen-bond acceptors (Lipinski definition) is 5. The van der Waals surface area contributed by atoms with Gasteiger partial charge in [-0.2, -0.15) is 0 Å². The molecule has 0 bridgehead atoms. The molecule has 0 radical (unpaired) electrons. The van der Waals surface area contributed by atoms with Crippen molar-refractivity contribution in [3.8, 4) is 5.75 Å². The highest BCUT2D eigenvalue weighted by molar-refractivity contribution is 5.93. The first-order chi connectivity index (χ1) is 10.2. The predicted octanol–water partition coefficient (Wildman–Crippen LogP) is 1.19. The molecule has 0 spiro atoms. The number of carbonyl (C=O) groups excluding carboxylic acids is 1. The topological polar surface area (TPSA) is 68.8 Å². The van der Waals surface area contributed by atoms with Crippen LogP contribution in [0.15, 0.2) is 18.2 Å². The Bertz CT molecular complexity index is 438. The van der Waals surface area contributed by atoms with E-state index in [0.29, 0.717) is 26.4 Å². The van der Waals surface area contributed by atoms with Crippen LogP contribution < -0.4 is 15.4 Å². The van der Waals surface area contributed by atoms with Crippen molar-refractivity contribution in [2.75, 3.05) is 52.4 Å². The Morgan fingerprint density at radius 2 is 1.90 bits per heavy atom. The second-order valence-electron chi connectivity index (χ2n) is 4.54. The summed E-state index contributed by atoms with van der Waals surface area (Å²) < 4.78 is 15.3. The summed E-state index contributed by atoms with van der Waals surface area (Å²) in [4.78, 5) is 11.8. The Morgan fingerprint density at radius 3 is 2.57 bits per heavy atom. The zero-order valence-electron chi connectivity index (χ0n) is 12.9. The van der Waals surface area contributed by atoms with E-state index in [9.17, 15) is 4.79 Å². The lowest BCUT2D eigenvalue weighted by Crippen LogP contribution is -2.30. The number of carbonyl (C=O) groups is 1. The highest BCUT2D eigenvalue weighted by Gasteiger charge is 2.05. The predicted molar refractivity (Wildman–Crippen MR) is 81.9 cm³/mol. The van der Waals surface area contributed by atoms with Crippen molar-refractivity contribution in [3.05, 3.63) is 23.8 Å². The highest BCUT2D eigenvalue weighted by Crippen LogP contribution is 2.21. The summed E-state index contributed by atoms with van der Waals surface area (Å²) in [6.07, 6.45) is 0. The van der Waals surface area contributed by atoms with Crippen LogP contribution in [0.2, 0.25) is 0 Å². The van der Waals surface area contributed by atoms with Gasteiger partial charge in [-0.15, -0.1) is 0 Å². The number of anilines is 1. The summed E-state index contributed by atoms with van der Waals surface area (Å²) >= 11 is 0. The van der Waals surface area contributed by atoms with Crippen LogP contribution in [0, 0.1) is 6.92 Å². The van der Waals surface area contributed by atoms with Gasteiger partial charge in [0.1, 0.15) is 12.4 Å². The maximum absolute atomic E-state index is 11.8. The van der Waals surface area contributed by atoms with Crippen LogP contribution in [0.1, 0.15) is 5.56 Å². The van der Waals surface area contributed by atoms with Gasteiger partial charge >= 0.3 is 0 Å². The van der Waals surface area contributed by atoms with Gasteiger partial charge in [0.25, 0.3) is 0 Å². The second kappa shape index (κ2) is 10.1. The van der Waals surface area contributed by atoms with E-state index in [1.165, 1.54) is 0 Å². The minimum Gasteiger partial charge on any atom is -0.491 e. The van der Waals surface area contributed by atoms with Gasteiger partial charge in [-0.25, -0.2) is 0 Å². The Labute approximate surface area is 125 Å². The first-order valence-electron chi connectivity index (χ1n) is 6.89. The third-order valence-corrected chi connectivity index (χ3v) is 2.80. The largest absolute Gasteiger partial charge is 0.491 e. The van der Waals surface area contributed by atoms with Crippen LogP contribution in [-0.2, 0) is 14.3 Å². The van der Waals surface area contributed by atoms with Crippen molar-refractivity contribution in [2.24, 2.45) is 0 Å². The maximum Gasteiger partial charge on any atom is 0.238 e. The summed E-state index contributed by atoms with van der Waals surface area (Å²) in [6, 6.07) is 5.56. The molecule has 2 N–H and O–H groups in total. The molecular weight excluding hydrogens is 272 g/mol. The van der Waals surface area contributed by atoms with E-state index in [0.717, 1.165) is 17.0 Å². The van der Waals surface area contributed by atoms with Crippen molar-refractivity contribution in [2.45, 2.75) is 6.92 Å². The molecular formula is C15H24N2O4. The van der Waals surface area contributed by atoms with Crippen molar-refractivity contribution in [3.63, 3.8) is 0 Å². The minimum absolute atomic E-state index is 0.0812. The number of benzene rings is 1. The summed E-state index contributed by atoms with van der Waals surface area (Å²) in [5.41, 5.74) is 1.74. The normalized spacial score (nSPS) is 10.4. The molecule has 0 atom stereocenters. The molecule has 1 rings (SSSR count). The van der Waals surface area contributed by atoms with Gasteiger partial charge in [0.15, 0.2) is 0 Å². The van der Waals surface area contributed by atoms with Crippen molar-refractivity contribution in [1.29, 1.82) is 0 Å². The van der Waals surface area contributed by atoms with E-state index in [1.54, 1.807) is 14.2 Å². The summed E-state index contributed by atoms with van der Waals surface area (Å²) in [6.45, 7) is 4.47. The van der Waals surface area contributed by atoms with Gasteiger partial charge in [-0.05, 0) is 30.7 Å². The van der Waals surface area contributed by atoms with Crippen LogP contribution in [-0.4, -0.2) is 53.0 Å². The smallest absolute Gasteiger partial charge is 0.238 e. The fourth-order valence-corrected chi connectivity index (χ4v) is 1.68. The maximum atomic E-state index is 11.8. The number of rotatable bonds is 10. The van der Waals surface area contributed by atoms with Crippen LogP contribution in [0.5, 0.6) is 5.75 Å². The molecule has 6 nitrogen and oxygen atoms in total. The number of amides is 1. The molecule has 1 aromatic carbocycles. The second-order valence-corrected chi connectivity index (χ2v) is 4.54. The first kappa shape index (κ1) is 17.4. The first-order valence-corrected chi connectivity index (χ1v) is 6.89. The van der Waals surface area contributed by atoms with Crippen LogP contribution in [0.4, 0.5) is 5.69 Å². The fourth-order valence-electron chi connectivity index (χ4n) is 1.68. The molecule has 1 aromatic rings. The fraction of sp³-hybridized carbons (Fsp3) is 0.533. The van der Waals surface area contributed by atoms with Crippen LogP contribution in [0.25, 0.3) is 0 Å².